The van der Waals surface area contributed by atoms with Crippen molar-refractivity contribution in [3.05, 3.63) is 35.4 Å². The summed E-state index contributed by atoms with van der Waals surface area (Å²) in [5.41, 5.74) is 2.91. The maximum absolute atomic E-state index is 3.41. The van der Waals surface area contributed by atoms with Crippen LogP contribution in [0.25, 0.3) is 0 Å². The first-order valence-corrected chi connectivity index (χ1v) is 7.29. The Labute approximate surface area is 124 Å². The van der Waals surface area contributed by atoms with Gasteiger partial charge in [0.1, 0.15) is 0 Å². The summed E-state index contributed by atoms with van der Waals surface area (Å²) in [7, 11) is 2.08. The summed E-state index contributed by atoms with van der Waals surface area (Å²) in [5.74, 6) is 0. The zero-order chi connectivity index (χ0) is 12.8. The monoisotopic (exact) mass is 282 g/mol. The van der Waals surface area contributed by atoms with E-state index in [9.17, 15) is 0 Å². The van der Waals surface area contributed by atoms with Gasteiger partial charge in [-0.1, -0.05) is 31.2 Å². The predicted octanol–water partition coefficient (Wildman–Crippen LogP) is 2.90. The second-order valence-electron chi connectivity index (χ2n) is 5.35. The van der Waals surface area contributed by atoms with Gasteiger partial charge in [-0.15, -0.1) is 12.4 Å². The second kappa shape index (κ2) is 8.57. The number of benzene rings is 1. The molecule has 0 aromatic heterocycles. The predicted molar refractivity (Wildman–Crippen MR) is 85.3 cm³/mol. The third-order valence-electron chi connectivity index (χ3n) is 4.06. The highest BCUT2D eigenvalue weighted by atomic mass is 35.5. The van der Waals surface area contributed by atoms with Gasteiger partial charge in [-0.05, 0) is 50.4 Å². The lowest BCUT2D eigenvalue weighted by Crippen LogP contribution is -2.44. The fourth-order valence-corrected chi connectivity index (χ4v) is 2.72. The minimum Gasteiger partial charge on any atom is -0.316 e. The number of likely N-dealkylation sites (N-methyl/N-ethyl adjacent to an activating group) is 1. The molecule has 19 heavy (non-hydrogen) atoms. The zero-order valence-corrected chi connectivity index (χ0v) is 13.0. The topological polar surface area (TPSA) is 15.3 Å². The third kappa shape index (κ3) is 5.13. The van der Waals surface area contributed by atoms with Crippen molar-refractivity contribution in [3.63, 3.8) is 0 Å². The Bertz CT molecular complexity index is 350. The molecule has 1 unspecified atom stereocenters. The molecule has 1 aromatic rings. The lowest BCUT2D eigenvalue weighted by molar-refractivity contribution is 0.197. The molecule has 1 saturated heterocycles. The molecule has 1 atom stereocenters. The lowest BCUT2D eigenvalue weighted by atomic mass is 10.0. The second-order valence-corrected chi connectivity index (χ2v) is 5.35. The summed E-state index contributed by atoms with van der Waals surface area (Å²) in [6.45, 7) is 5.89. The molecule has 2 rings (SSSR count). The van der Waals surface area contributed by atoms with Crippen LogP contribution >= 0.6 is 12.4 Å². The molecule has 1 N–H and O–H groups in total. The van der Waals surface area contributed by atoms with Crippen molar-refractivity contribution in [1.82, 2.24) is 10.2 Å². The van der Waals surface area contributed by atoms with E-state index in [0.717, 1.165) is 6.42 Å². The average molecular weight is 283 g/mol. The first kappa shape index (κ1) is 16.5. The number of aryl methyl sites for hydroxylation is 1. The summed E-state index contributed by atoms with van der Waals surface area (Å²) < 4.78 is 0. The molecule has 1 heterocycles. The maximum atomic E-state index is 3.41. The number of likely N-dealkylation sites (tertiary alicyclic amines) is 1. The molecule has 108 valence electrons. The average Bonchev–Trinajstić information content (AvgIpc) is 2.46. The molecule has 1 fully saturated rings. The van der Waals surface area contributed by atoms with E-state index >= 15 is 0 Å². The van der Waals surface area contributed by atoms with Crippen molar-refractivity contribution in [1.29, 1.82) is 0 Å². The summed E-state index contributed by atoms with van der Waals surface area (Å²) in [6.07, 6.45) is 4.98. The maximum Gasteiger partial charge on any atom is 0.0192 e. The van der Waals surface area contributed by atoms with Crippen LogP contribution in [0.2, 0.25) is 0 Å². The Kier molecular flexibility index (Phi) is 7.44. The molecule has 0 amide bonds. The molecule has 0 aliphatic carbocycles. The van der Waals surface area contributed by atoms with Gasteiger partial charge in [0.05, 0.1) is 0 Å². The Morgan fingerprint density at radius 3 is 2.53 bits per heavy atom. The standard InChI is InChI=1S/C16H26N2.ClH/c1-3-14-6-8-15(9-7-14)10-12-18-11-4-5-16(13-18)17-2;/h6-9,16-17H,3-5,10-13H2,1-2H3;1H. The van der Waals surface area contributed by atoms with Crippen LogP contribution in [0.4, 0.5) is 0 Å². The van der Waals surface area contributed by atoms with Crippen molar-refractivity contribution >= 4 is 12.4 Å². The quantitative estimate of drug-likeness (QED) is 0.893. The first-order chi connectivity index (χ1) is 8.81. The zero-order valence-electron chi connectivity index (χ0n) is 12.2. The van der Waals surface area contributed by atoms with E-state index in [1.807, 2.05) is 0 Å². The molecule has 0 spiro atoms. The molecule has 1 aliphatic rings. The Balaban J connectivity index is 0.00000180. The molecule has 2 nitrogen and oxygen atoms in total. The smallest absolute Gasteiger partial charge is 0.0192 e. The number of nitrogens with zero attached hydrogens (tertiary/aromatic N) is 1. The summed E-state index contributed by atoms with van der Waals surface area (Å²) in [4.78, 5) is 2.60. The van der Waals surface area contributed by atoms with E-state index in [4.69, 9.17) is 0 Å². The van der Waals surface area contributed by atoms with E-state index in [2.05, 4.69) is 48.5 Å². The summed E-state index contributed by atoms with van der Waals surface area (Å²) >= 11 is 0. The number of halogens is 1. The Morgan fingerprint density at radius 1 is 1.21 bits per heavy atom. The van der Waals surface area contributed by atoms with Crippen LogP contribution in [0, 0.1) is 0 Å². The summed E-state index contributed by atoms with van der Waals surface area (Å²) in [6, 6.07) is 9.81. The van der Waals surface area contributed by atoms with Gasteiger partial charge in [0.15, 0.2) is 0 Å². The van der Waals surface area contributed by atoms with Crippen molar-refractivity contribution in [3.8, 4) is 0 Å². The highest BCUT2D eigenvalue weighted by molar-refractivity contribution is 5.85. The van der Waals surface area contributed by atoms with Crippen molar-refractivity contribution in [2.24, 2.45) is 0 Å². The van der Waals surface area contributed by atoms with Gasteiger partial charge in [0.25, 0.3) is 0 Å². The number of piperidine rings is 1. The minimum atomic E-state index is 0. The normalized spacial score (nSPS) is 20.0. The van der Waals surface area contributed by atoms with Gasteiger partial charge in [-0.25, -0.2) is 0 Å². The van der Waals surface area contributed by atoms with E-state index < -0.39 is 0 Å². The van der Waals surface area contributed by atoms with Gasteiger partial charge < -0.3 is 10.2 Å². The molecule has 0 saturated carbocycles. The van der Waals surface area contributed by atoms with Crippen molar-refractivity contribution in [2.75, 3.05) is 26.7 Å². The molecule has 0 radical (unpaired) electrons. The molecule has 1 aliphatic heterocycles. The van der Waals surface area contributed by atoms with E-state index in [1.165, 1.54) is 50.0 Å². The van der Waals surface area contributed by atoms with Crippen LogP contribution in [0.1, 0.15) is 30.9 Å². The number of rotatable bonds is 5. The van der Waals surface area contributed by atoms with Gasteiger partial charge in [-0.3, -0.25) is 0 Å². The SMILES string of the molecule is CCc1ccc(CCN2CCCC(NC)C2)cc1.Cl. The van der Waals surface area contributed by atoms with Gasteiger partial charge in [0.2, 0.25) is 0 Å². The van der Waals surface area contributed by atoms with E-state index in [0.29, 0.717) is 6.04 Å². The van der Waals surface area contributed by atoms with Crippen LogP contribution < -0.4 is 5.32 Å². The van der Waals surface area contributed by atoms with Crippen molar-refractivity contribution in [2.45, 2.75) is 38.6 Å². The van der Waals surface area contributed by atoms with Crippen LogP contribution in [-0.2, 0) is 12.8 Å². The van der Waals surface area contributed by atoms with Crippen molar-refractivity contribution < 1.29 is 0 Å². The van der Waals surface area contributed by atoms with Crippen LogP contribution in [0.3, 0.4) is 0 Å². The lowest BCUT2D eigenvalue weighted by Gasteiger charge is -2.32. The fourth-order valence-electron chi connectivity index (χ4n) is 2.72. The number of hydrogen-bond acceptors (Lipinski definition) is 2. The molecular weight excluding hydrogens is 256 g/mol. The molecule has 3 heteroatoms. The number of nitrogens with one attached hydrogen (secondary N) is 1. The van der Waals surface area contributed by atoms with Crippen LogP contribution in [0.5, 0.6) is 0 Å². The number of hydrogen-bond donors (Lipinski definition) is 1. The molecular formula is C16H27ClN2. The minimum absolute atomic E-state index is 0. The highest BCUT2D eigenvalue weighted by Crippen LogP contribution is 2.11. The van der Waals surface area contributed by atoms with Gasteiger partial charge >= 0.3 is 0 Å². The molecule has 0 bridgehead atoms. The summed E-state index contributed by atoms with van der Waals surface area (Å²) in [5, 5.41) is 3.41. The first-order valence-electron chi connectivity index (χ1n) is 7.29. The molecule has 1 aromatic carbocycles. The third-order valence-corrected chi connectivity index (χ3v) is 4.06. The fraction of sp³-hybridized carbons (Fsp3) is 0.625. The highest BCUT2D eigenvalue weighted by Gasteiger charge is 2.17. The van der Waals surface area contributed by atoms with E-state index in [1.54, 1.807) is 0 Å². The van der Waals surface area contributed by atoms with E-state index in [-0.39, 0.29) is 12.4 Å². The van der Waals surface area contributed by atoms with Gasteiger partial charge in [0, 0.05) is 19.1 Å². The Hall–Kier alpha value is -0.570. The Morgan fingerprint density at radius 2 is 1.89 bits per heavy atom. The van der Waals surface area contributed by atoms with Gasteiger partial charge in [-0.2, -0.15) is 0 Å². The van der Waals surface area contributed by atoms with Crippen LogP contribution in [0.15, 0.2) is 24.3 Å². The van der Waals surface area contributed by atoms with Crippen LogP contribution in [-0.4, -0.2) is 37.6 Å². The largest absolute Gasteiger partial charge is 0.316 e.